The number of morpholine rings is 1. The highest BCUT2D eigenvalue weighted by Gasteiger charge is 2.25. The van der Waals surface area contributed by atoms with Crippen molar-refractivity contribution in [3.05, 3.63) is 88.8 Å². The summed E-state index contributed by atoms with van der Waals surface area (Å²) < 4.78 is 10.7. The number of rotatable bonds is 7. The largest absolute Gasteiger partial charge is 0.459 e. The maximum atomic E-state index is 13.2. The molecule has 1 aliphatic heterocycles. The lowest BCUT2D eigenvalue weighted by Crippen LogP contribution is -2.44. The summed E-state index contributed by atoms with van der Waals surface area (Å²) in [5.74, 6) is -0.368. The van der Waals surface area contributed by atoms with Crippen LogP contribution in [-0.4, -0.2) is 56.6 Å². The molecular weight excluding hydrogens is 442 g/mol. The first kappa shape index (κ1) is 23.0. The Balaban J connectivity index is 1.52. The minimum absolute atomic E-state index is 0.0234. The van der Waals surface area contributed by atoms with Crippen molar-refractivity contribution in [2.24, 2.45) is 0 Å². The molecule has 2 amide bonds. The molecule has 0 spiro atoms. The Bertz CT molecular complexity index is 1080. The monoisotopic (exact) mass is 467 g/mol. The van der Waals surface area contributed by atoms with Crippen LogP contribution in [0, 0.1) is 0 Å². The molecule has 0 radical (unpaired) electrons. The van der Waals surface area contributed by atoms with E-state index in [-0.39, 0.29) is 23.6 Å². The second kappa shape index (κ2) is 10.7. The van der Waals surface area contributed by atoms with E-state index in [1.807, 2.05) is 24.3 Å². The van der Waals surface area contributed by atoms with Crippen molar-refractivity contribution in [1.29, 1.82) is 0 Å². The van der Waals surface area contributed by atoms with Gasteiger partial charge in [0.05, 0.1) is 36.8 Å². The number of hydrogen-bond acceptors (Lipinski definition) is 5. The Kier molecular flexibility index (Phi) is 7.44. The molecule has 1 N–H and O–H groups in total. The highest BCUT2D eigenvalue weighted by molar-refractivity contribution is 6.30. The van der Waals surface area contributed by atoms with E-state index >= 15 is 0 Å². The molecule has 4 rings (SSSR count). The number of nitrogens with one attached hydrogen (secondary N) is 1. The quantitative estimate of drug-likeness (QED) is 0.568. The molecule has 0 aliphatic carbocycles. The molecule has 0 bridgehead atoms. The van der Waals surface area contributed by atoms with Gasteiger partial charge < -0.3 is 19.4 Å². The van der Waals surface area contributed by atoms with E-state index in [0.717, 1.165) is 18.7 Å². The number of halogens is 1. The van der Waals surface area contributed by atoms with Crippen molar-refractivity contribution >= 4 is 29.1 Å². The molecule has 1 aromatic heterocycles. The molecule has 3 aromatic rings. The lowest BCUT2D eigenvalue weighted by Gasteiger charge is -2.35. The molecule has 2 heterocycles. The predicted octanol–water partition coefficient (Wildman–Crippen LogP) is 4.01. The number of ether oxygens (including phenoxy) is 1. The van der Waals surface area contributed by atoms with Gasteiger partial charge in [0.1, 0.15) is 0 Å². The summed E-state index contributed by atoms with van der Waals surface area (Å²) in [6.07, 6.45) is 1.45. The molecule has 1 saturated heterocycles. The SMILES string of the molecule is CN(C(=O)c1ccco1)c1ccccc1C(=O)NCC(c1ccc(Cl)cc1)N1CCOCC1. The number of carbonyl (C=O) groups excluding carboxylic acids is 2. The zero-order valence-electron chi connectivity index (χ0n) is 18.4. The third-order valence-electron chi connectivity index (χ3n) is 5.74. The molecule has 1 atom stereocenters. The van der Waals surface area contributed by atoms with Gasteiger partial charge in [-0.1, -0.05) is 35.9 Å². The average molecular weight is 468 g/mol. The molecule has 0 saturated carbocycles. The average Bonchev–Trinajstić information content (AvgIpc) is 3.40. The molecule has 8 heteroatoms. The van der Waals surface area contributed by atoms with Gasteiger partial charge >= 0.3 is 0 Å². The van der Waals surface area contributed by atoms with Crippen molar-refractivity contribution in [1.82, 2.24) is 10.2 Å². The van der Waals surface area contributed by atoms with Gasteiger partial charge in [0.2, 0.25) is 0 Å². The zero-order valence-corrected chi connectivity index (χ0v) is 19.1. The summed E-state index contributed by atoms with van der Waals surface area (Å²) in [6, 6.07) is 17.9. The van der Waals surface area contributed by atoms with Crippen LogP contribution in [0.1, 0.15) is 32.5 Å². The van der Waals surface area contributed by atoms with Crippen molar-refractivity contribution < 1.29 is 18.7 Å². The molecule has 1 unspecified atom stereocenters. The van der Waals surface area contributed by atoms with Crippen LogP contribution >= 0.6 is 11.6 Å². The first-order valence-corrected chi connectivity index (χ1v) is 11.2. The predicted molar refractivity (Wildman–Crippen MR) is 127 cm³/mol. The van der Waals surface area contributed by atoms with Gasteiger partial charge in [-0.05, 0) is 42.0 Å². The minimum atomic E-state index is -0.326. The van der Waals surface area contributed by atoms with Gasteiger partial charge in [-0.2, -0.15) is 0 Å². The summed E-state index contributed by atoms with van der Waals surface area (Å²) >= 11 is 6.08. The normalized spacial score (nSPS) is 15.1. The fraction of sp³-hybridized carbons (Fsp3) is 0.280. The molecular formula is C25H26ClN3O4. The van der Waals surface area contributed by atoms with E-state index in [1.54, 1.807) is 43.4 Å². The Hall–Kier alpha value is -3.13. The zero-order chi connectivity index (χ0) is 23.2. The lowest BCUT2D eigenvalue weighted by molar-refractivity contribution is 0.0162. The van der Waals surface area contributed by atoms with Crippen molar-refractivity contribution in [2.75, 3.05) is 44.8 Å². The van der Waals surface area contributed by atoms with Crippen LogP contribution in [0.3, 0.4) is 0 Å². The summed E-state index contributed by atoms with van der Waals surface area (Å²) in [6.45, 7) is 3.27. The highest BCUT2D eigenvalue weighted by Crippen LogP contribution is 2.25. The minimum Gasteiger partial charge on any atom is -0.459 e. The van der Waals surface area contributed by atoms with E-state index in [1.165, 1.54) is 11.2 Å². The van der Waals surface area contributed by atoms with Crippen LogP contribution < -0.4 is 10.2 Å². The third kappa shape index (κ3) is 5.45. The Labute approximate surface area is 197 Å². The van der Waals surface area contributed by atoms with E-state index in [0.29, 0.717) is 36.0 Å². The van der Waals surface area contributed by atoms with Gasteiger partial charge in [-0.15, -0.1) is 0 Å². The fourth-order valence-electron chi connectivity index (χ4n) is 3.95. The number of furan rings is 1. The maximum absolute atomic E-state index is 13.2. The Morgan fingerprint density at radius 3 is 2.48 bits per heavy atom. The lowest BCUT2D eigenvalue weighted by atomic mass is 10.0. The van der Waals surface area contributed by atoms with Crippen LogP contribution in [0.25, 0.3) is 0 Å². The number of hydrogen-bond donors (Lipinski definition) is 1. The highest BCUT2D eigenvalue weighted by atomic mass is 35.5. The number of amides is 2. The molecule has 172 valence electrons. The van der Waals surface area contributed by atoms with Crippen LogP contribution in [-0.2, 0) is 4.74 Å². The number of para-hydroxylation sites is 1. The Morgan fingerprint density at radius 2 is 1.79 bits per heavy atom. The molecule has 7 nitrogen and oxygen atoms in total. The fourth-order valence-corrected chi connectivity index (χ4v) is 4.08. The first-order valence-electron chi connectivity index (χ1n) is 10.8. The van der Waals surface area contributed by atoms with Gasteiger partial charge in [0.15, 0.2) is 5.76 Å². The molecule has 2 aromatic carbocycles. The standard InChI is InChI=1S/C25H26ClN3O4/c1-28(25(31)23-7-4-14-33-23)21-6-3-2-5-20(21)24(30)27-17-22(29-12-15-32-16-13-29)18-8-10-19(26)11-9-18/h2-11,14,22H,12-13,15-17H2,1H3,(H,27,30). The third-order valence-corrected chi connectivity index (χ3v) is 6.00. The van der Waals surface area contributed by atoms with Gasteiger partial charge in [0.25, 0.3) is 11.8 Å². The summed E-state index contributed by atoms with van der Waals surface area (Å²) in [5.41, 5.74) is 1.99. The summed E-state index contributed by atoms with van der Waals surface area (Å²) in [5, 5.41) is 3.73. The number of benzene rings is 2. The van der Waals surface area contributed by atoms with Gasteiger partial charge in [0, 0.05) is 31.7 Å². The van der Waals surface area contributed by atoms with Crippen LogP contribution in [0.5, 0.6) is 0 Å². The van der Waals surface area contributed by atoms with Crippen molar-refractivity contribution in [3.63, 3.8) is 0 Å². The van der Waals surface area contributed by atoms with E-state index < -0.39 is 0 Å². The molecule has 1 fully saturated rings. The van der Waals surface area contributed by atoms with Crippen LogP contribution in [0.2, 0.25) is 5.02 Å². The van der Waals surface area contributed by atoms with Gasteiger partial charge in [-0.25, -0.2) is 0 Å². The maximum Gasteiger partial charge on any atom is 0.293 e. The second-order valence-electron chi connectivity index (χ2n) is 7.78. The summed E-state index contributed by atoms with van der Waals surface area (Å²) in [7, 11) is 1.63. The van der Waals surface area contributed by atoms with E-state index in [9.17, 15) is 9.59 Å². The van der Waals surface area contributed by atoms with Crippen LogP contribution in [0.4, 0.5) is 5.69 Å². The van der Waals surface area contributed by atoms with Crippen molar-refractivity contribution in [2.45, 2.75) is 6.04 Å². The Morgan fingerprint density at radius 1 is 1.06 bits per heavy atom. The number of nitrogens with zero attached hydrogens (tertiary/aromatic N) is 2. The summed E-state index contributed by atoms with van der Waals surface area (Å²) in [4.78, 5) is 29.7. The van der Waals surface area contributed by atoms with E-state index in [2.05, 4.69) is 10.2 Å². The van der Waals surface area contributed by atoms with Crippen LogP contribution in [0.15, 0.2) is 71.3 Å². The number of anilines is 1. The van der Waals surface area contributed by atoms with Gasteiger partial charge in [-0.3, -0.25) is 14.5 Å². The smallest absolute Gasteiger partial charge is 0.293 e. The topological polar surface area (TPSA) is 75.0 Å². The molecule has 1 aliphatic rings. The number of carbonyl (C=O) groups is 2. The second-order valence-corrected chi connectivity index (χ2v) is 8.22. The first-order chi connectivity index (χ1) is 16.0. The molecule has 33 heavy (non-hydrogen) atoms. The van der Waals surface area contributed by atoms with Crippen molar-refractivity contribution in [3.8, 4) is 0 Å². The van der Waals surface area contributed by atoms with E-state index in [4.69, 9.17) is 20.8 Å².